The van der Waals surface area contributed by atoms with E-state index in [9.17, 15) is 9.18 Å². The van der Waals surface area contributed by atoms with Gasteiger partial charge in [-0.05, 0) is 53.1 Å². The van der Waals surface area contributed by atoms with E-state index in [2.05, 4.69) is 15.3 Å². The van der Waals surface area contributed by atoms with Crippen molar-refractivity contribution in [2.75, 3.05) is 5.32 Å². The standard InChI is InChI=1S/C24H19FN4O/c25-21-6-3-19(4-7-21)23-11-12-26-15-20(23)5-10-24(30)28-22-8-1-18(2-9-22)16-29-14-13-27-17-29/h1-15,17H,16H2,(H,28,30)/b10-5+. The number of pyridine rings is 1. The third-order valence-electron chi connectivity index (χ3n) is 4.57. The molecule has 0 radical (unpaired) electrons. The first-order valence-electron chi connectivity index (χ1n) is 9.41. The molecule has 4 rings (SSSR count). The number of halogens is 1. The van der Waals surface area contributed by atoms with Crippen molar-refractivity contribution in [3.05, 3.63) is 109 Å². The van der Waals surface area contributed by atoms with Gasteiger partial charge in [0.05, 0.1) is 6.33 Å². The molecular weight excluding hydrogens is 379 g/mol. The molecule has 2 aromatic carbocycles. The molecule has 0 aliphatic rings. The molecule has 0 aliphatic carbocycles. The van der Waals surface area contributed by atoms with Gasteiger partial charge in [-0.3, -0.25) is 9.78 Å². The highest BCUT2D eigenvalue weighted by atomic mass is 19.1. The zero-order valence-electron chi connectivity index (χ0n) is 16.1. The van der Waals surface area contributed by atoms with E-state index in [1.165, 1.54) is 18.2 Å². The molecule has 1 N–H and O–H groups in total. The number of amides is 1. The lowest BCUT2D eigenvalue weighted by atomic mass is 10.0. The van der Waals surface area contributed by atoms with Gasteiger partial charge < -0.3 is 9.88 Å². The quantitative estimate of drug-likeness (QED) is 0.475. The van der Waals surface area contributed by atoms with E-state index in [-0.39, 0.29) is 11.7 Å². The fraction of sp³-hybridized carbons (Fsp3) is 0.0417. The van der Waals surface area contributed by atoms with Crippen molar-refractivity contribution in [3.63, 3.8) is 0 Å². The van der Waals surface area contributed by atoms with Gasteiger partial charge >= 0.3 is 0 Å². The fourth-order valence-corrected chi connectivity index (χ4v) is 3.07. The maximum Gasteiger partial charge on any atom is 0.248 e. The van der Waals surface area contributed by atoms with Crippen LogP contribution in [0.25, 0.3) is 17.2 Å². The predicted molar refractivity (Wildman–Crippen MR) is 115 cm³/mol. The van der Waals surface area contributed by atoms with Crippen LogP contribution in [0.2, 0.25) is 0 Å². The van der Waals surface area contributed by atoms with Crippen LogP contribution in [0.15, 0.2) is 91.8 Å². The average molecular weight is 398 g/mol. The minimum absolute atomic E-state index is 0.244. The molecule has 0 aliphatic heterocycles. The van der Waals surface area contributed by atoms with Crippen molar-refractivity contribution in [3.8, 4) is 11.1 Å². The summed E-state index contributed by atoms with van der Waals surface area (Å²) in [4.78, 5) is 20.5. The second-order valence-corrected chi connectivity index (χ2v) is 6.72. The van der Waals surface area contributed by atoms with Gasteiger partial charge in [-0.15, -0.1) is 0 Å². The van der Waals surface area contributed by atoms with Gasteiger partial charge in [-0.25, -0.2) is 9.37 Å². The first-order chi connectivity index (χ1) is 14.7. The van der Waals surface area contributed by atoms with Crippen LogP contribution in [0.3, 0.4) is 0 Å². The highest BCUT2D eigenvalue weighted by Crippen LogP contribution is 2.24. The van der Waals surface area contributed by atoms with Crippen LogP contribution in [-0.4, -0.2) is 20.4 Å². The molecule has 0 atom stereocenters. The first-order valence-corrected chi connectivity index (χ1v) is 9.41. The highest BCUT2D eigenvalue weighted by Gasteiger charge is 2.05. The summed E-state index contributed by atoms with van der Waals surface area (Å²) >= 11 is 0. The number of rotatable bonds is 6. The summed E-state index contributed by atoms with van der Waals surface area (Å²) in [7, 11) is 0. The third kappa shape index (κ3) is 4.86. The predicted octanol–water partition coefficient (Wildman–Crippen LogP) is 4.78. The van der Waals surface area contributed by atoms with E-state index in [0.717, 1.165) is 28.8 Å². The Balaban J connectivity index is 1.42. The summed E-state index contributed by atoms with van der Waals surface area (Å²) in [5.74, 6) is -0.536. The maximum atomic E-state index is 13.2. The lowest BCUT2D eigenvalue weighted by molar-refractivity contribution is -0.111. The number of nitrogens with one attached hydrogen (secondary N) is 1. The molecule has 4 aromatic rings. The second-order valence-electron chi connectivity index (χ2n) is 6.72. The number of hydrogen-bond acceptors (Lipinski definition) is 3. The Morgan fingerprint density at radius 1 is 1.00 bits per heavy atom. The summed E-state index contributed by atoms with van der Waals surface area (Å²) in [6, 6.07) is 15.7. The lowest BCUT2D eigenvalue weighted by Crippen LogP contribution is -2.08. The third-order valence-corrected chi connectivity index (χ3v) is 4.57. The van der Waals surface area contributed by atoms with Gasteiger partial charge in [0.1, 0.15) is 5.82 Å². The van der Waals surface area contributed by atoms with Gasteiger partial charge in [0, 0.05) is 48.7 Å². The smallest absolute Gasteiger partial charge is 0.248 e. The van der Waals surface area contributed by atoms with Crippen LogP contribution in [0, 0.1) is 5.82 Å². The number of nitrogens with zero attached hydrogens (tertiary/aromatic N) is 3. The van der Waals surface area contributed by atoms with Gasteiger partial charge in [0.2, 0.25) is 5.91 Å². The molecule has 0 spiro atoms. The fourth-order valence-electron chi connectivity index (χ4n) is 3.07. The molecule has 6 heteroatoms. The van der Waals surface area contributed by atoms with Gasteiger partial charge in [-0.2, -0.15) is 0 Å². The first kappa shape index (κ1) is 19.3. The Morgan fingerprint density at radius 2 is 1.80 bits per heavy atom. The highest BCUT2D eigenvalue weighted by molar-refractivity contribution is 6.02. The Labute approximate surface area is 173 Å². The van der Waals surface area contributed by atoms with Crippen LogP contribution in [-0.2, 0) is 11.3 Å². The number of carbonyl (C=O) groups is 1. The average Bonchev–Trinajstić information content (AvgIpc) is 3.28. The van der Waals surface area contributed by atoms with Crippen molar-refractivity contribution in [2.45, 2.75) is 6.54 Å². The van der Waals surface area contributed by atoms with Crippen molar-refractivity contribution in [1.82, 2.24) is 14.5 Å². The molecule has 1 amide bonds. The Bertz CT molecular complexity index is 1150. The topological polar surface area (TPSA) is 59.8 Å². The van der Waals surface area contributed by atoms with Crippen molar-refractivity contribution in [1.29, 1.82) is 0 Å². The molecular formula is C24H19FN4O. The Morgan fingerprint density at radius 3 is 2.53 bits per heavy atom. The maximum absolute atomic E-state index is 13.2. The molecule has 5 nitrogen and oxygen atoms in total. The van der Waals surface area contributed by atoms with Gasteiger partial charge in [0.25, 0.3) is 0 Å². The van der Waals surface area contributed by atoms with Crippen LogP contribution in [0.4, 0.5) is 10.1 Å². The second kappa shape index (κ2) is 8.96. The van der Waals surface area contributed by atoms with E-state index >= 15 is 0 Å². The molecule has 0 saturated heterocycles. The van der Waals surface area contributed by atoms with E-state index in [0.29, 0.717) is 5.69 Å². The minimum atomic E-state index is -0.291. The van der Waals surface area contributed by atoms with Gasteiger partial charge in [-0.1, -0.05) is 24.3 Å². The molecule has 0 unspecified atom stereocenters. The van der Waals surface area contributed by atoms with Crippen LogP contribution < -0.4 is 5.32 Å². The normalized spacial score (nSPS) is 11.0. The largest absolute Gasteiger partial charge is 0.333 e. The SMILES string of the molecule is O=C(/C=C/c1cnccc1-c1ccc(F)cc1)Nc1ccc(Cn2ccnc2)cc1. The van der Waals surface area contributed by atoms with Crippen molar-refractivity contribution >= 4 is 17.7 Å². The summed E-state index contributed by atoms with van der Waals surface area (Å²) in [6.07, 6.45) is 11.9. The van der Waals surface area contributed by atoms with Crippen LogP contribution in [0.1, 0.15) is 11.1 Å². The minimum Gasteiger partial charge on any atom is -0.333 e. The number of anilines is 1. The number of hydrogen-bond donors (Lipinski definition) is 1. The molecule has 2 aromatic heterocycles. The van der Waals surface area contributed by atoms with Crippen molar-refractivity contribution < 1.29 is 9.18 Å². The van der Waals surface area contributed by atoms with Crippen LogP contribution >= 0.6 is 0 Å². The zero-order valence-corrected chi connectivity index (χ0v) is 16.1. The van der Waals surface area contributed by atoms with E-state index < -0.39 is 0 Å². The number of imidazole rings is 1. The molecule has 0 bridgehead atoms. The Kier molecular flexibility index (Phi) is 5.75. The molecule has 2 heterocycles. The molecule has 148 valence electrons. The van der Waals surface area contributed by atoms with Crippen molar-refractivity contribution in [2.24, 2.45) is 0 Å². The monoisotopic (exact) mass is 398 g/mol. The molecule has 0 saturated carbocycles. The van der Waals surface area contributed by atoms with Gasteiger partial charge in [0.15, 0.2) is 0 Å². The summed E-state index contributed by atoms with van der Waals surface area (Å²) < 4.78 is 15.2. The molecule has 30 heavy (non-hydrogen) atoms. The van der Waals surface area contributed by atoms with E-state index in [1.54, 1.807) is 43.1 Å². The number of aromatic nitrogens is 3. The van der Waals surface area contributed by atoms with E-state index in [1.807, 2.05) is 41.1 Å². The number of carbonyl (C=O) groups excluding carboxylic acids is 1. The van der Waals surface area contributed by atoms with E-state index in [4.69, 9.17) is 0 Å². The summed E-state index contributed by atoms with van der Waals surface area (Å²) in [5.41, 5.74) is 4.32. The summed E-state index contributed by atoms with van der Waals surface area (Å²) in [5, 5.41) is 2.85. The lowest BCUT2D eigenvalue weighted by Gasteiger charge is -2.07. The summed E-state index contributed by atoms with van der Waals surface area (Å²) in [6.45, 7) is 0.724. The van der Waals surface area contributed by atoms with Crippen LogP contribution in [0.5, 0.6) is 0 Å². The zero-order chi connectivity index (χ0) is 20.8. The molecule has 0 fully saturated rings. The Hall–Kier alpha value is -4.06. The number of benzene rings is 2.